The number of esters is 2. The number of carbonyl (C=O) groups is 4. The van der Waals surface area contributed by atoms with Crippen LogP contribution >= 0.6 is 0 Å². The van der Waals surface area contributed by atoms with Gasteiger partial charge in [-0.15, -0.1) is 0 Å². The van der Waals surface area contributed by atoms with Crippen LogP contribution in [-0.2, 0) is 35.1 Å². The molecule has 1 aliphatic heterocycles. The second-order valence-corrected chi connectivity index (χ2v) is 11.0. The van der Waals surface area contributed by atoms with E-state index >= 15 is 0 Å². The van der Waals surface area contributed by atoms with Crippen LogP contribution in [0.2, 0.25) is 0 Å². The maximum absolute atomic E-state index is 13.2. The van der Waals surface area contributed by atoms with Crippen molar-refractivity contribution in [2.45, 2.75) is 64.7 Å². The molecule has 4 atom stereocenters. The molecule has 0 aliphatic carbocycles. The van der Waals surface area contributed by atoms with Crippen molar-refractivity contribution in [3.05, 3.63) is 84.0 Å². The van der Waals surface area contributed by atoms with Crippen molar-refractivity contribution in [3.8, 4) is 5.75 Å². The van der Waals surface area contributed by atoms with Crippen molar-refractivity contribution in [1.29, 1.82) is 0 Å². The summed E-state index contributed by atoms with van der Waals surface area (Å²) in [7, 11) is 1.57. The third-order valence-corrected chi connectivity index (χ3v) is 6.97. The molecule has 2 N–H and O–H groups in total. The Morgan fingerprint density at radius 3 is 2.37 bits per heavy atom. The van der Waals surface area contributed by atoms with Crippen molar-refractivity contribution in [3.63, 3.8) is 0 Å². The van der Waals surface area contributed by atoms with Gasteiger partial charge in [0.2, 0.25) is 11.8 Å². The molecule has 2 aromatic rings. The van der Waals surface area contributed by atoms with E-state index in [9.17, 15) is 19.2 Å². The minimum atomic E-state index is -1.08. The van der Waals surface area contributed by atoms with Crippen LogP contribution in [0.25, 0.3) is 6.08 Å². The van der Waals surface area contributed by atoms with Gasteiger partial charge in [0.15, 0.2) is 6.10 Å². The molecule has 9 nitrogen and oxygen atoms in total. The lowest BCUT2D eigenvalue weighted by Crippen LogP contribution is -2.48. The molecule has 0 bridgehead atoms. The standard InChI is InChI=1S/C34H42N2O7/c1-23(2)21-30-34(40)43-29(24(3)13-14-25-9-6-5-7-10-25)11-8-12-31(37)36-28(33(39)35-20-19-32(38)42-30)22-26-15-17-27(41-4)18-16-26/h5-10,12-18,23-24,28-30H,11,19-22H2,1-4H3,(H,35,39)(H,36,37)/b12-8+,14-13+/t24-,28-,29+,30-/m1/s1. The molecule has 2 amide bonds. The summed E-state index contributed by atoms with van der Waals surface area (Å²) in [5.74, 6) is -1.65. The van der Waals surface area contributed by atoms with Crippen LogP contribution in [0.15, 0.2) is 72.8 Å². The van der Waals surface area contributed by atoms with Gasteiger partial charge in [-0.25, -0.2) is 4.79 Å². The van der Waals surface area contributed by atoms with Crippen LogP contribution in [0.5, 0.6) is 5.75 Å². The molecule has 230 valence electrons. The van der Waals surface area contributed by atoms with Crippen LogP contribution in [0.4, 0.5) is 0 Å². The fraction of sp³-hybridized carbons (Fsp3) is 0.412. The fourth-order valence-corrected chi connectivity index (χ4v) is 4.53. The van der Waals surface area contributed by atoms with Gasteiger partial charge in [-0.1, -0.05) is 81.5 Å². The summed E-state index contributed by atoms with van der Waals surface area (Å²) in [6.07, 6.45) is 5.76. The molecule has 0 saturated heterocycles. The Morgan fingerprint density at radius 1 is 0.977 bits per heavy atom. The molecule has 43 heavy (non-hydrogen) atoms. The highest BCUT2D eigenvalue weighted by Gasteiger charge is 2.30. The number of ether oxygens (including phenoxy) is 3. The highest BCUT2D eigenvalue weighted by Crippen LogP contribution is 2.20. The zero-order valence-corrected chi connectivity index (χ0v) is 25.3. The van der Waals surface area contributed by atoms with Crippen molar-refractivity contribution in [1.82, 2.24) is 10.6 Å². The highest BCUT2D eigenvalue weighted by molar-refractivity contribution is 5.93. The molecule has 3 rings (SSSR count). The first-order valence-corrected chi connectivity index (χ1v) is 14.7. The van der Waals surface area contributed by atoms with Crippen LogP contribution in [-0.4, -0.2) is 55.7 Å². The van der Waals surface area contributed by atoms with E-state index in [1.165, 1.54) is 6.08 Å². The van der Waals surface area contributed by atoms with E-state index in [1.54, 1.807) is 25.3 Å². The van der Waals surface area contributed by atoms with Gasteiger partial charge in [0.1, 0.15) is 17.9 Å². The number of nitrogens with one attached hydrogen (secondary N) is 2. The van der Waals surface area contributed by atoms with E-state index in [2.05, 4.69) is 10.6 Å². The first kappa shape index (κ1) is 33.1. The maximum Gasteiger partial charge on any atom is 0.347 e. The van der Waals surface area contributed by atoms with Crippen molar-refractivity contribution < 1.29 is 33.4 Å². The second-order valence-electron chi connectivity index (χ2n) is 11.0. The van der Waals surface area contributed by atoms with Crippen molar-refractivity contribution in [2.24, 2.45) is 11.8 Å². The number of carbonyl (C=O) groups excluding carboxylic acids is 4. The number of cyclic esters (lactones) is 2. The largest absolute Gasteiger partial charge is 0.497 e. The van der Waals surface area contributed by atoms with Gasteiger partial charge >= 0.3 is 11.9 Å². The van der Waals surface area contributed by atoms with Gasteiger partial charge in [0, 0.05) is 25.3 Å². The van der Waals surface area contributed by atoms with Gasteiger partial charge in [0.05, 0.1) is 13.5 Å². The number of methoxy groups -OCH3 is 1. The Kier molecular flexibility index (Phi) is 13.0. The van der Waals surface area contributed by atoms with Gasteiger partial charge < -0.3 is 24.8 Å². The molecule has 0 unspecified atom stereocenters. The fourth-order valence-electron chi connectivity index (χ4n) is 4.53. The molecule has 0 spiro atoms. The summed E-state index contributed by atoms with van der Waals surface area (Å²) in [6, 6.07) is 16.1. The lowest BCUT2D eigenvalue weighted by Gasteiger charge is -2.25. The molecule has 1 aliphatic rings. The zero-order chi connectivity index (χ0) is 31.2. The summed E-state index contributed by atoms with van der Waals surface area (Å²) in [5, 5.41) is 5.46. The zero-order valence-electron chi connectivity index (χ0n) is 25.3. The number of hydrogen-bond acceptors (Lipinski definition) is 7. The van der Waals surface area contributed by atoms with E-state index in [0.29, 0.717) is 12.2 Å². The molecular weight excluding hydrogens is 548 g/mol. The smallest absolute Gasteiger partial charge is 0.347 e. The number of amides is 2. The maximum atomic E-state index is 13.2. The SMILES string of the molecule is COc1ccc(C[C@H]2NC(=O)/C=C/C[C@@H]([C@H](C)/C=C/c3ccccc3)OC(=O)[C@@H](CC(C)C)OC(=O)CCNC2=O)cc1. The predicted molar refractivity (Wildman–Crippen MR) is 164 cm³/mol. The third-order valence-electron chi connectivity index (χ3n) is 6.97. The first-order chi connectivity index (χ1) is 20.6. The molecule has 0 radical (unpaired) electrons. The van der Waals surface area contributed by atoms with E-state index in [4.69, 9.17) is 14.2 Å². The first-order valence-electron chi connectivity index (χ1n) is 14.7. The summed E-state index contributed by atoms with van der Waals surface area (Å²) < 4.78 is 16.7. The number of benzene rings is 2. The average molecular weight is 591 g/mol. The summed E-state index contributed by atoms with van der Waals surface area (Å²) in [6.45, 7) is 5.75. The Morgan fingerprint density at radius 2 is 1.70 bits per heavy atom. The molecule has 2 aromatic carbocycles. The summed E-state index contributed by atoms with van der Waals surface area (Å²) >= 11 is 0. The normalized spacial score (nSPS) is 22.3. The molecule has 0 fully saturated rings. The van der Waals surface area contributed by atoms with Crippen LogP contribution in [0.1, 0.15) is 51.2 Å². The lowest BCUT2D eigenvalue weighted by molar-refractivity contribution is -0.173. The molecule has 1 heterocycles. The number of hydrogen-bond donors (Lipinski definition) is 2. The van der Waals surface area contributed by atoms with Gasteiger partial charge in [-0.3, -0.25) is 14.4 Å². The highest BCUT2D eigenvalue weighted by atomic mass is 16.6. The van der Waals surface area contributed by atoms with Crippen LogP contribution in [0, 0.1) is 11.8 Å². The molecule has 0 aromatic heterocycles. The van der Waals surface area contributed by atoms with E-state index < -0.39 is 42.0 Å². The average Bonchev–Trinajstić information content (AvgIpc) is 2.98. The molecule has 9 heteroatoms. The molecule has 0 saturated carbocycles. The number of rotatable bonds is 8. The predicted octanol–water partition coefficient (Wildman–Crippen LogP) is 4.41. The van der Waals surface area contributed by atoms with Crippen molar-refractivity contribution in [2.75, 3.05) is 13.7 Å². The monoisotopic (exact) mass is 590 g/mol. The Bertz CT molecular complexity index is 1270. The topological polar surface area (TPSA) is 120 Å². The van der Waals surface area contributed by atoms with Crippen molar-refractivity contribution >= 4 is 29.8 Å². The lowest BCUT2D eigenvalue weighted by atomic mass is 9.99. The second kappa shape index (κ2) is 16.9. The molecular formula is C34H42N2O7. The Hall–Kier alpha value is -4.40. The van der Waals surface area contributed by atoms with Gasteiger partial charge in [-0.2, -0.15) is 0 Å². The van der Waals surface area contributed by atoms with E-state index in [0.717, 1.165) is 11.1 Å². The summed E-state index contributed by atoms with van der Waals surface area (Å²) in [4.78, 5) is 51.9. The third kappa shape index (κ3) is 11.4. The van der Waals surface area contributed by atoms with E-state index in [1.807, 2.05) is 75.4 Å². The Labute approximate surface area is 253 Å². The minimum absolute atomic E-state index is 0.0180. The van der Waals surface area contributed by atoms with Gasteiger partial charge in [0.25, 0.3) is 0 Å². The quantitative estimate of drug-likeness (QED) is 0.437. The van der Waals surface area contributed by atoms with Crippen LogP contribution < -0.4 is 15.4 Å². The van der Waals surface area contributed by atoms with E-state index in [-0.39, 0.29) is 37.6 Å². The summed E-state index contributed by atoms with van der Waals surface area (Å²) in [5.41, 5.74) is 1.82. The minimum Gasteiger partial charge on any atom is -0.497 e. The van der Waals surface area contributed by atoms with Crippen LogP contribution in [0.3, 0.4) is 0 Å². The Balaban J connectivity index is 1.84. The van der Waals surface area contributed by atoms with Gasteiger partial charge in [-0.05, 0) is 41.7 Å².